The molecule has 0 aliphatic rings. The lowest BCUT2D eigenvalue weighted by Gasteiger charge is -2.19. The van der Waals surface area contributed by atoms with E-state index >= 15 is 0 Å². The van der Waals surface area contributed by atoms with E-state index in [-0.39, 0.29) is 6.10 Å². The first-order valence-electron chi connectivity index (χ1n) is 6.65. The Balaban J connectivity index is 2.52. The van der Waals surface area contributed by atoms with Crippen molar-refractivity contribution in [3.05, 3.63) is 34.3 Å². The van der Waals surface area contributed by atoms with Crippen molar-refractivity contribution in [2.45, 2.75) is 32.8 Å². The summed E-state index contributed by atoms with van der Waals surface area (Å²) in [5.41, 5.74) is 1.22. The third kappa shape index (κ3) is 5.51. The van der Waals surface area contributed by atoms with Gasteiger partial charge in [-0.15, -0.1) is 0 Å². The summed E-state index contributed by atoms with van der Waals surface area (Å²) in [4.78, 5) is 0. The molecule has 1 atom stereocenters. The largest absolute Gasteiger partial charge is 0.372 e. The Morgan fingerprint density at radius 3 is 2.61 bits per heavy atom. The van der Waals surface area contributed by atoms with Crippen LogP contribution in [0.25, 0.3) is 0 Å². The maximum absolute atomic E-state index is 6.01. The van der Waals surface area contributed by atoms with Crippen LogP contribution in [0.3, 0.4) is 0 Å². The molecule has 0 saturated heterocycles. The number of ether oxygens (including phenoxy) is 1. The molecule has 1 N–H and O–H groups in total. The highest BCUT2D eigenvalue weighted by molar-refractivity contribution is 9.10. The molecule has 0 radical (unpaired) electrons. The number of hydrogen-bond acceptors (Lipinski definition) is 2. The summed E-state index contributed by atoms with van der Waals surface area (Å²) in [7, 11) is 1.96. The van der Waals surface area contributed by atoms with Crippen LogP contribution in [0.1, 0.15) is 38.4 Å². The number of likely N-dealkylation sites (N-methyl/N-ethyl adjacent to an activating group) is 1. The molecular weight excluding hydrogens is 290 g/mol. The molecule has 0 spiro atoms. The second-order valence-electron chi connectivity index (χ2n) is 4.97. The molecule has 18 heavy (non-hydrogen) atoms. The Labute approximate surface area is 119 Å². The Hall–Kier alpha value is -0.380. The van der Waals surface area contributed by atoms with Gasteiger partial charge in [-0.1, -0.05) is 48.0 Å². The minimum atomic E-state index is 0.123. The Bertz CT molecular complexity index is 341. The molecule has 0 aromatic heterocycles. The molecule has 0 fully saturated rings. The molecule has 1 aromatic rings. The van der Waals surface area contributed by atoms with Crippen molar-refractivity contribution in [1.82, 2.24) is 5.32 Å². The van der Waals surface area contributed by atoms with Gasteiger partial charge in [-0.05, 0) is 37.4 Å². The van der Waals surface area contributed by atoms with Crippen LogP contribution in [0.15, 0.2) is 28.7 Å². The molecule has 0 aliphatic heterocycles. The monoisotopic (exact) mass is 313 g/mol. The van der Waals surface area contributed by atoms with Crippen molar-refractivity contribution in [3.8, 4) is 0 Å². The first kappa shape index (κ1) is 15.7. The zero-order valence-electron chi connectivity index (χ0n) is 11.6. The van der Waals surface area contributed by atoms with Gasteiger partial charge in [0.25, 0.3) is 0 Å². The fraction of sp³-hybridized carbons (Fsp3) is 0.600. The standard InChI is InChI=1S/C15H24BrNO/c1-12(2)7-6-10-18-15(11-17-3)13-8-4-5-9-14(13)16/h4-5,8-9,12,15,17H,6-7,10-11H2,1-3H3. The van der Waals surface area contributed by atoms with E-state index in [2.05, 4.69) is 53.3 Å². The fourth-order valence-corrected chi connectivity index (χ4v) is 2.44. The molecule has 0 amide bonds. The first-order valence-corrected chi connectivity index (χ1v) is 7.45. The van der Waals surface area contributed by atoms with Gasteiger partial charge in [0.05, 0.1) is 6.10 Å². The van der Waals surface area contributed by atoms with Gasteiger partial charge >= 0.3 is 0 Å². The summed E-state index contributed by atoms with van der Waals surface area (Å²) in [5.74, 6) is 0.750. The molecule has 1 aromatic carbocycles. The predicted octanol–water partition coefficient (Wildman–Crippen LogP) is 4.16. The quantitative estimate of drug-likeness (QED) is 0.727. The van der Waals surface area contributed by atoms with Gasteiger partial charge in [-0.3, -0.25) is 0 Å². The lowest BCUT2D eigenvalue weighted by atomic mass is 10.1. The van der Waals surface area contributed by atoms with Crippen molar-refractivity contribution in [1.29, 1.82) is 0 Å². The van der Waals surface area contributed by atoms with Crippen molar-refractivity contribution in [3.63, 3.8) is 0 Å². The summed E-state index contributed by atoms with van der Waals surface area (Å²) in [6.07, 6.45) is 2.47. The van der Waals surface area contributed by atoms with E-state index in [0.717, 1.165) is 30.0 Å². The average Bonchev–Trinajstić information content (AvgIpc) is 2.34. The SMILES string of the molecule is CNCC(OCCCC(C)C)c1ccccc1Br. The van der Waals surface area contributed by atoms with Crippen molar-refractivity contribution < 1.29 is 4.74 Å². The van der Waals surface area contributed by atoms with E-state index < -0.39 is 0 Å². The highest BCUT2D eigenvalue weighted by Gasteiger charge is 2.13. The van der Waals surface area contributed by atoms with Crippen LogP contribution in [0.4, 0.5) is 0 Å². The zero-order chi connectivity index (χ0) is 13.4. The molecule has 1 unspecified atom stereocenters. The second-order valence-corrected chi connectivity index (χ2v) is 5.83. The number of benzene rings is 1. The molecule has 0 bridgehead atoms. The maximum atomic E-state index is 6.01. The molecule has 0 heterocycles. The molecule has 0 saturated carbocycles. The van der Waals surface area contributed by atoms with Crippen LogP contribution >= 0.6 is 15.9 Å². The third-order valence-electron chi connectivity index (χ3n) is 2.89. The van der Waals surface area contributed by atoms with Gasteiger partial charge in [0.1, 0.15) is 0 Å². The van der Waals surface area contributed by atoms with Crippen molar-refractivity contribution in [2.75, 3.05) is 20.2 Å². The summed E-state index contributed by atoms with van der Waals surface area (Å²) >= 11 is 3.59. The highest BCUT2D eigenvalue weighted by Crippen LogP contribution is 2.25. The number of rotatable bonds is 8. The van der Waals surface area contributed by atoms with E-state index in [1.54, 1.807) is 0 Å². The van der Waals surface area contributed by atoms with Gasteiger partial charge in [0.2, 0.25) is 0 Å². The molecule has 0 aliphatic carbocycles. The summed E-state index contributed by atoms with van der Waals surface area (Å²) in [5, 5.41) is 3.20. The topological polar surface area (TPSA) is 21.3 Å². The zero-order valence-corrected chi connectivity index (χ0v) is 13.2. The van der Waals surface area contributed by atoms with E-state index in [1.165, 1.54) is 12.0 Å². The smallest absolute Gasteiger partial charge is 0.0959 e. The molecule has 3 heteroatoms. The molecule has 1 rings (SSSR count). The van der Waals surface area contributed by atoms with Crippen molar-refractivity contribution >= 4 is 15.9 Å². The Morgan fingerprint density at radius 2 is 2.00 bits per heavy atom. The summed E-state index contributed by atoms with van der Waals surface area (Å²) in [6, 6.07) is 8.27. The number of hydrogen-bond donors (Lipinski definition) is 1. The van der Waals surface area contributed by atoms with Gasteiger partial charge in [-0.25, -0.2) is 0 Å². The van der Waals surface area contributed by atoms with E-state index in [9.17, 15) is 0 Å². The number of halogens is 1. The predicted molar refractivity (Wildman–Crippen MR) is 80.8 cm³/mol. The molecule has 102 valence electrons. The maximum Gasteiger partial charge on any atom is 0.0959 e. The van der Waals surface area contributed by atoms with Crippen LogP contribution in [0.5, 0.6) is 0 Å². The van der Waals surface area contributed by atoms with E-state index in [0.29, 0.717) is 0 Å². The van der Waals surface area contributed by atoms with Crippen LogP contribution in [0, 0.1) is 5.92 Å². The summed E-state index contributed by atoms with van der Waals surface area (Å²) < 4.78 is 7.13. The van der Waals surface area contributed by atoms with Gasteiger partial charge in [-0.2, -0.15) is 0 Å². The Morgan fingerprint density at radius 1 is 1.28 bits per heavy atom. The fourth-order valence-electron chi connectivity index (χ4n) is 1.90. The van der Waals surface area contributed by atoms with Crippen LogP contribution in [-0.2, 0) is 4.74 Å². The second kappa shape index (κ2) is 8.68. The third-order valence-corrected chi connectivity index (χ3v) is 3.61. The minimum absolute atomic E-state index is 0.123. The molecule has 2 nitrogen and oxygen atoms in total. The Kier molecular flexibility index (Phi) is 7.56. The lowest BCUT2D eigenvalue weighted by Crippen LogP contribution is -2.20. The summed E-state index contributed by atoms with van der Waals surface area (Å²) in [6.45, 7) is 6.16. The lowest BCUT2D eigenvalue weighted by molar-refractivity contribution is 0.0495. The average molecular weight is 314 g/mol. The van der Waals surface area contributed by atoms with Crippen LogP contribution in [0.2, 0.25) is 0 Å². The number of nitrogens with one attached hydrogen (secondary N) is 1. The normalized spacial score (nSPS) is 12.9. The van der Waals surface area contributed by atoms with Crippen molar-refractivity contribution in [2.24, 2.45) is 5.92 Å². The van der Waals surface area contributed by atoms with Crippen LogP contribution < -0.4 is 5.32 Å². The van der Waals surface area contributed by atoms with E-state index in [4.69, 9.17) is 4.74 Å². The highest BCUT2D eigenvalue weighted by atomic mass is 79.9. The minimum Gasteiger partial charge on any atom is -0.372 e. The molecular formula is C15H24BrNO. The van der Waals surface area contributed by atoms with Gasteiger partial charge in [0.15, 0.2) is 0 Å². The van der Waals surface area contributed by atoms with Gasteiger partial charge in [0, 0.05) is 17.6 Å². The first-order chi connectivity index (χ1) is 8.65. The van der Waals surface area contributed by atoms with Crippen LogP contribution in [-0.4, -0.2) is 20.2 Å². The van der Waals surface area contributed by atoms with E-state index in [1.807, 2.05) is 13.1 Å². The van der Waals surface area contributed by atoms with Gasteiger partial charge < -0.3 is 10.1 Å².